The molecule has 0 radical (unpaired) electrons. The van der Waals surface area contributed by atoms with Crippen molar-refractivity contribution in [3.63, 3.8) is 0 Å². The zero-order chi connectivity index (χ0) is 18.4. The molecule has 0 aliphatic heterocycles. The second-order valence-electron chi connectivity index (χ2n) is 6.06. The summed E-state index contributed by atoms with van der Waals surface area (Å²) in [6.07, 6.45) is -0.736. The van der Waals surface area contributed by atoms with Crippen LogP contribution in [0.5, 0.6) is 0 Å². The average Bonchev–Trinajstić information content (AvgIpc) is 2.73. The Balaban J connectivity index is 2.26. The first-order valence-corrected chi connectivity index (χ1v) is 8.60. The predicted molar refractivity (Wildman–Crippen MR) is 102 cm³/mol. The van der Waals surface area contributed by atoms with E-state index in [4.69, 9.17) is 9.47 Å². The van der Waals surface area contributed by atoms with Crippen molar-refractivity contribution in [1.82, 2.24) is 0 Å². The molecule has 1 unspecified atom stereocenters. The molecule has 3 aromatic rings. The molecule has 0 saturated carbocycles. The summed E-state index contributed by atoms with van der Waals surface area (Å²) in [5.74, 6) is -0.405. The van der Waals surface area contributed by atoms with Gasteiger partial charge in [-0.2, -0.15) is 0 Å². The van der Waals surface area contributed by atoms with Crippen LogP contribution in [0.15, 0.2) is 91.0 Å². The first-order chi connectivity index (χ1) is 12.7. The van der Waals surface area contributed by atoms with E-state index in [-0.39, 0.29) is 0 Å². The number of benzene rings is 3. The first kappa shape index (κ1) is 17.9. The van der Waals surface area contributed by atoms with Gasteiger partial charge in [0, 0.05) is 0 Å². The average molecular weight is 346 g/mol. The summed E-state index contributed by atoms with van der Waals surface area (Å²) < 4.78 is 11.4. The molecule has 0 spiro atoms. The number of hydrogen-bond acceptors (Lipinski definition) is 3. The minimum atomic E-state index is -0.919. The summed E-state index contributed by atoms with van der Waals surface area (Å²) >= 11 is 0. The van der Waals surface area contributed by atoms with Gasteiger partial charge in [0.25, 0.3) is 0 Å². The lowest BCUT2D eigenvalue weighted by Crippen LogP contribution is -2.39. The van der Waals surface area contributed by atoms with Gasteiger partial charge in [0.05, 0.1) is 7.11 Å². The van der Waals surface area contributed by atoms with Gasteiger partial charge in [-0.15, -0.1) is 0 Å². The Morgan fingerprint density at radius 2 is 1.08 bits per heavy atom. The van der Waals surface area contributed by atoms with Gasteiger partial charge in [0.2, 0.25) is 0 Å². The van der Waals surface area contributed by atoms with Gasteiger partial charge in [-0.25, -0.2) is 4.79 Å². The number of methoxy groups -OCH3 is 1. The Bertz CT molecular complexity index is 732. The number of hydrogen-bond donors (Lipinski definition) is 0. The maximum absolute atomic E-state index is 12.1. The molecule has 0 heterocycles. The molecule has 0 aliphatic carbocycles. The molecule has 132 valence electrons. The highest BCUT2D eigenvalue weighted by molar-refractivity contribution is 5.74. The Hall–Kier alpha value is -2.91. The number of ether oxygens (including phenoxy) is 2. The molecule has 0 aromatic heterocycles. The molecule has 3 rings (SSSR count). The maximum Gasteiger partial charge on any atom is 0.334 e. The van der Waals surface area contributed by atoms with Gasteiger partial charge in [-0.1, -0.05) is 91.0 Å². The third-order valence-corrected chi connectivity index (χ3v) is 4.43. The fourth-order valence-corrected chi connectivity index (χ4v) is 3.20. The molecule has 26 heavy (non-hydrogen) atoms. The fraction of sp³-hybridized carbons (Fsp3) is 0.174. The van der Waals surface area contributed by atoms with E-state index in [9.17, 15) is 4.79 Å². The molecule has 0 N–H and O–H groups in total. The molecule has 1 atom stereocenters. The van der Waals surface area contributed by atoms with Crippen molar-refractivity contribution in [3.05, 3.63) is 108 Å². The van der Waals surface area contributed by atoms with Crippen molar-refractivity contribution in [1.29, 1.82) is 0 Å². The van der Waals surface area contributed by atoms with E-state index >= 15 is 0 Å². The third kappa shape index (κ3) is 3.39. The summed E-state index contributed by atoms with van der Waals surface area (Å²) in [7, 11) is 1.37. The van der Waals surface area contributed by atoms with Gasteiger partial charge in [0.1, 0.15) is 5.60 Å². The highest BCUT2D eigenvalue weighted by atomic mass is 16.6. The van der Waals surface area contributed by atoms with Crippen molar-refractivity contribution in [2.75, 3.05) is 7.11 Å². The normalized spacial score (nSPS) is 12.4. The van der Waals surface area contributed by atoms with Gasteiger partial charge >= 0.3 is 5.97 Å². The van der Waals surface area contributed by atoms with Crippen LogP contribution in [0.25, 0.3) is 0 Å². The lowest BCUT2D eigenvalue weighted by Gasteiger charge is -2.37. The molecule has 0 saturated heterocycles. The van der Waals surface area contributed by atoms with Crippen molar-refractivity contribution >= 4 is 5.97 Å². The monoisotopic (exact) mass is 346 g/mol. The molecular formula is C23H22O3. The van der Waals surface area contributed by atoms with E-state index in [1.807, 2.05) is 91.0 Å². The zero-order valence-corrected chi connectivity index (χ0v) is 15.0. The maximum atomic E-state index is 12.1. The number of rotatable bonds is 6. The van der Waals surface area contributed by atoms with Crippen LogP contribution in [0.4, 0.5) is 0 Å². The molecule has 0 amide bonds. The molecular weight excluding hydrogens is 324 g/mol. The van der Waals surface area contributed by atoms with E-state index in [2.05, 4.69) is 0 Å². The van der Waals surface area contributed by atoms with E-state index in [0.29, 0.717) is 0 Å². The lowest BCUT2D eigenvalue weighted by atomic mass is 9.80. The molecule has 3 aromatic carbocycles. The van der Waals surface area contributed by atoms with Gasteiger partial charge < -0.3 is 9.47 Å². The van der Waals surface area contributed by atoms with Gasteiger partial charge in [-0.3, -0.25) is 0 Å². The van der Waals surface area contributed by atoms with Crippen molar-refractivity contribution in [2.45, 2.75) is 18.6 Å². The summed E-state index contributed by atoms with van der Waals surface area (Å²) in [4.78, 5) is 12.1. The Kier molecular flexibility index (Phi) is 5.49. The van der Waals surface area contributed by atoms with E-state index < -0.39 is 17.7 Å². The fourth-order valence-electron chi connectivity index (χ4n) is 3.20. The first-order valence-electron chi connectivity index (χ1n) is 8.60. The largest absolute Gasteiger partial charge is 0.467 e. The summed E-state index contributed by atoms with van der Waals surface area (Å²) in [5, 5.41) is 0. The smallest absolute Gasteiger partial charge is 0.334 e. The lowest BCUT2D eigenvalue weighted by molar-refractivity contribution is -0.160. The molecule has 3 heteroatoms. The quantitative estimate of drug-likeness (QED) is 0.485. The van der Waals surface area contributed by atoms with E-state index in [1.165, 1.54) is 7.11 Å². The SMILES string of the molecule is COC(=O)C(C)OC(c1ccccc1)(c1ccccc1)c1ccccc1. The predicted octanol–water partition coefficient (Wildman–Crippen LogP) is 4.56. The Labute approximate surface area is 154 Å². The van der Waals surface area contributed by atoms with Crippen LogP contribution < -0.4 is 0 Å². The van der Waals surface area contributed by atoms with Crippen molar-refractivity contribution in [3.8, 4) is 0 Å². The zero-order valence-electron chi connectivity index (χ0n) is 15.0. The van der Waals surface area contributed by atoms with E-state index in [1.54, 1.807) is 6.92 Å². The molecule has 0 bridgehead atoms. The third-order valence-electron chi connectivity index (χ3n) is 4.43. The second kappa shape index (κ2) is 7.98. The minimum absolute atomic E-state index is 0.405. The Morgan fingerprint density at radius 3 is 1.38 bits per heavy atom. The number of carbonyl (C=O) groups excluding carboxylic acids is 1. The highest BCUT2D eigenvalue weighted by Crippen LogP contribution is 2.41. The number of carbonyl (C=O) groups is 1. The van der Waals surface area contributed by atoms with Crippen molar-refractivity contribution in [2.24, 2.45) is 0 Å². The highest BCUT2D eigenvalue weighted by Gasteiger charge is 2.40. The van der Waals surface area contributed by atoms with Gasteiger partial charge in [-0.05, 0) is 23.6 Å². The minimum Gasteiger partial charge on any atom is -0.467 e. The van der Waals surface area contributed by atoms with Crippen LogP contribution in [-0.4, -0.2) is 19.2 Å². The molecule has 0 fully saturated rings. The van der Waals surface area contributed by atoms with Crippen LogP contribution in [0.3, 0.4) is 0 Å². The van der Waals surface area contributed by atoms with Crippen LogP contribution >= 0.6 is 0 Å². The van der Waals surface area contributed by atoms with Gasteiger partial charge in [0.15, 0.2) is 6.10 Å². The van der Waals surface area contributed by atoms with Crippen molar-refractivity contribution < 1.29 is 14.3 Å². The standard InChI is InChI=1S/C23H22O3/c1-18(22(24)25-2)26-23(19-12-6-3-7-13-19,20-14-8-4-9-15-20)21-16-10-5-11-17-21/h3-18H,1-2H3. The second-order valence-corrected chi connectivity index (χ2v) is 6.06. The van der Waals surface area contributed by atoms with Crippen LogP contribution in [0.2, 0.25) is 0 Å². The van der Waals surface area contributed by atoms with Crippen LogP contribution in [-0.2, 0) is 19.9 Å². The van der Waals surface area contributed by atoms with E-state index in [0.717, 1.165) is 16.7 Å². The van der Waals surface area contributed by atoms with Crippen LogP contribution in [0.1, 0.15) is 23.6 Å². The molecule has 3 nitrogen and oxygen atoms in total. The van der Waals surface area contributed by atoms with Crippen LogP contribution in [0, 0.1) is 0 Å². The molecule has 0 aliphatic rings. The topological polar surface area (TPSA) is 35.5 Å². The number of esters is 1. The Morgan fingerprint density at radius 1 is 0.731 bits per heavy atom. The summed E-state index contributed by atoms with van der Waals surface area (Å²) in [5.41, 5.74) is 1.94. The summed E-state index contributed by atoms with van der Waals surface area (Å²) in [6, 6.07) is 29.9. The summed E-state index contributed by atoms with van der Waals surface area (Å²) in [6.45, 7) is 1.72.